The van der Waals surface area contributed by atoms with E-state index in [1.54, 1.807) is 12.3 Å². The Bertz CT molecular complexity index is 561. The maximum absolute atomic E-state index is 13.5. The van der Waals surface area contributed by atoms with Crippen molar-refractivity contribution in [3.05, 3.63) is 53.7 Å². The van der Waals surface area contributed by atoms with Crippen molar-refractivity contribution >= 4 is 0 Å². The Morgan fingerprint density at radius 3 is 2.89 bits per heavy atom. The molecule has 0 unspecified atom stereocenters. The first-order valence-corrected chi connectivity index (χ1v) is 5.98. The highest BCUT2D eigenvalue weighted by Gasteiger charge is 2.10. The van der Waals surface area contributed by atoms with Gasteiger partial charge in [-0.25, -0.2) is 13.8 Å². The lowest BCUT2D eigenvalue weighted by Crippen LogP contribution is -2.12. The number of aromatic nitrogens is 1. The fourth-order valence-corrected chi connectivity index (χ4v) is 1.57. The lowest BCUT2D eigenvalue weighted by atomic mass is 10.2. The minimum atomic E-state index is -0.624. The number of nitrogens with zero attached hydrogens (tertiary/aromatic N) is 1. The predicted molar refractivity (Wildman–Crippen MR) is 68.0 cm³/mol. The van der Waals surface area contributed by atoms with E-state index in [-0.39, 0.29) is 11.6 Å². The summed E-state index contributed by atoms with van der Waals surface area (Å²) in [6.45, 7) is 3.32. The van der Waals surface area contributed by atoms with Crippen molar-refractivity contribution in [1.82, 2.24) is 10.3 Å². The Kier molecular flexibility index (Phi) is 4.41. The molecule has 3 nitrogen and oxygen atoms in total. The molecule has 0 saturated heterocycles. The van der Waals surface area contributed by atoms with Crippen molar-refractivity contribution in [2.24, 2.45) is 0 Å². The number of benzene rings is 1. The maximum Gasteiger partial charge on any atom is 0.223 e. The number of hydrogen-bond acceptors (Lipinski definition) is 3. The maximum atomic E-state index is 13.5. The van der Waals surface area contributed by atoms with Gasteiger partial charge in [-0.2, -0.15) is 0 Å². The van der Waals surface area contributed by atoms with Crippen LogP contribution in [0.15, 0.2) is 36.5 Å². The quantitative estimate of drug-likeness (QED) is 0.900. The third-order valence-electron chi connectivity index (χ3n) is 2.52. The summed E-state index contributed by atoms with van der Waals surface area (Å²) in [5.74, 6) is -1.08. The van der Waals surface area contributed by atoms with Gasteiger partial charge < -0.3 is 10.1 Å². The monoisotopic (exact) mass is 264 g/mol. The Hall–Kier alpha value is -2.01. The van der Waals surface area contributed by atoms with Crippen LogP contribution >= 0.6 is 0 Å². The summed E-state index contributed by atoms with van der Waals surface area (Å²) in [7, 11) is 0. The normalized spacial score (nSPS) is 10.5. The van der Waals surface area contributed by atoms with Crippen LogP contribution in [-0.2, 0) is 6.54 Å². The van der Waals surface area contributed by atoms with Gasteiger partial charge in [0.1, 0.15) is 5.82 Å². The summed E-state index contributed by atoms with van der Waals surface area (Å²) < 4.78 is 31.9. The molecule has 2 aromatic rings. The van der Waals surface area contributed by atoms with E-state index >= 15 is 0 Å². The summed E-state index contributed by atoms with van der Waals surface area (Å²) in [5, 5.41) is 3.13. The van der Waals surface area contributed by atoms with Crippen molar-refractivity contribution in [1.29, 1.82) is 0 Å². The third kappa shape index (κ3) is 3.48. The first-order chi connectivity index (χ1) is 9.20. The fraction of sp³-hybridized carbons (Fsp3) is 0.214. The van der Waals surface area contributed by atoms with E-state index in [2.05, 4.69) is 10.3 Å². The molecule has 100 valence electrons. The first kappa shape index (κ1) is 13.4. The highest BCUT2D eigenvalue weighted by Crippen LogP contribution is 2.26. The van der Waals surface area contributed by atoms with Crippen molar-refractivity contribution in [2.75, 3.05) is 6.54 Å². The second-order valence-electron chi connectivity index (χ2n) is 3.92. The third-order valence-corrected chi connectivity index (χ3v) is 2.52. The van der Waals surface area contributed by atoms with Crippen molar-refractivity contribution < 1.29 is 13.5 Å². The average Bonchev–Trinajstić information content (AvgIpc) is 2.42. The van der Waals surface area contributed by atoms with Gasteiger partial charge in [-0.3, -0.25) is 0 Å². The Balaban J connectivity index is 2.25. The SMILES string of the molecule is CCNCc1cccnc1Oc1cc(F)ccc1F. The Morgan fingerprint density at radius 1 is 1.26 bits per heavy atom. The molecule has 0 saturated carbocycles. The molecule has 0 aliphatic heterocycles. The van der Waals surface area contributed by atoms with Crippen LogP contribution in [0.2, 0.25) is 0 Å². The lowest BCUT2D eigenvalue weighted by Gasteiger charge is -2.10. The molecule has 0 bridgehead atoms. The molecule has 0 fully saturated rings. The molecule has 0 radical (unpaired) electrons. The molecule has 19 heavy (non-hydrogen) atoms. The van der Waals surface area contributed by atoms with Gasteiger partial charge in [-0.15, -0.1) is 0 Å². The summed E-state index contributed by atoms with van der Waals surface area (Å²) in [4.78, 5) is 4.05. The zero-order valence-electron chi connectivity index (χ0n) is 10.5. The molecule has 5 heteroatoms. The van der Waals surface area contributed by atoms with Gasteiger partial charge in [0.05, 0.1) is 0 Å². The largest absolute Gasteiger partial charge is 0.436 e. The molecule has 0 atom stereocenters. The molecule has 0 spiro atoms. The van der Waals surface area contributed by atoms with Crippen LogP contribution in [0.5, 0.6) is 11.6 Å². The molecule has 0 aliphatic carbocycles. The van der Waals surface area contributed by atoms with Crippen LogP contribution in [0.25, 0.3) is 0 Å². The standard InChI is InChI=1S/C14H14F2N2O/c1-2-17-9-10-4-3-7-18-14(10)19-13-8-11(15)5-6-12(13)16/h3-8,17H,2,9H2,1H3. The van der Waals surface area contributed by atoms with Gasteiger partial charge in [0.25, 0.3) is 0 Å². The minimum absolute atomic E-state index is 0.170. The lowest BCUT2D eigenvalue weighted by molar-refractivity contribution is 0.416. The van der Waals surface area contributed by atoms with E-state index in [9.17, 15) is 8.78 Å². The highest BCUT2D eigenvalue weighted by atomic mass is 19.1. The summed E-state index contributed by atoms with van der Waals surface area (Å²) in [5.41, 5.74) is 0.785. The number of hydrogen-bond donors (Lipinski definition) is 1. The number of halogens is 2. The number of rotatable bonds is 5. The van der Waals surface area contributed by atoms with Crippen molar-refractivity contribution in [3.8, 4) is 11.6 Å². The van der Waals surface area contributed by atoms with Crippen LogP contribution in [0.3, 0.4) is 0 Å². The van der Waals surface area contributed by atoms with Gasteiger partial charge in [-0.1, -0.05) is 13.0 Å². The molecule has 1 aromatic heterocycles. The zero-order chi connectivity index (χ0) is 13.7. The topological polar surface area (TPSA) is 34.2 Å². The van der Waals surface area contributed by atoms with E-state index in [1.165, 1.54) is 0 Å². The summed E-state index contributed by atoms with van der Waals surface area (Å²) >= 11 is 0. The predicted octanol–water partition coefficient (Wildman–Crippen LogP) is 3.26. The van der Waals surface area contributed by atoms with E-state index in [1.807, 2.05) is 13.0 Å². The smallest absolute Gasteiger partial charge is 0.223 e. The summed E-state index contributed by atoms with van der Waals surface area (Å²) in [6.07, 6.45) is 1.54. The van der Waals surface area contributed by atoms with Crippen LogP contribution in [0.4, 0.5) is 8.78 Å². The van der Waals surface area contributed by atoms with Gasteiger partial charge in [0.15, 0.2) is 11.6 Å². The zero-order valence-corrected chi connectivity index (χ0v) is 10.5. The van der Waals surface area contributed by atoms with Gasteiger partial charge in [-0.05, 0) is 24.7 Å². The van der Waals surface area contributed by atoms with E-state index < -0.39 is 11.6 Å². The molecular weight excluding hydrogens is 250 g/mol. The molecule has 0 aliphatic rings. The second kappa shape index (κ2) is 6.24. The number of pyridine rings is 1. The summed E-state index contributed by atoms with van der Waals surface area (Å²) in [6, 6.07) is 6.66. The number of nitrogens with one attached hydrogen (secondary N) is 1. The minimum Gasteiger partial charge on any atom is -0.436 e. The van der Waals surface area contributed by atoms with Crippen LogP contribution in [0.1, 0.15) is 12.5 Å². The Labute approximate surface area is 110 Å². The van der Waals surface area contributed by atoms with Crippen LogP contribution in [-0.4, -0.2) is 11.5 Å². The average molecular weight is 264 g/mol. The molecular formula is C14H14F2N2O. The van der Waals surface area contributed by atoms with Crippen LogP contribution in [0, 0.1) is 11.6 Å². The fourth-order valence-electron chi connectivity index (χ4n) is 1.57. The van der Waals surface area contributed by atoms with Crippen LogP contribution < -0.4 is 10.1 Å². The van der Waals surface area contributed by atoms with E-state index in [4.69, 9.17) is 4.74 Å². The van der Waals surface area contributed by atoms with Gasteiger partial charge in [0, 0.05) is 24.4 Å². The highest BCUT2D eigenvalue weighted by molar-refractivity contribution is 5.33. The molecule has 1 aromatic carbocycles. The Morgan fingerprint density at radius 2 is 2.11 bits per heavy atom. The molecule has 1 N–H and O–H groups in total. The van der Waals surface area contributed by atoms with Gasteiger partial charge >= 0.3 is 0 Å². The molecule has 2 rings (SSSR count). The van der Waals surface area contributed by atoms with Crippen molar-refractivity contribution in [2.45, 2.75) is 13.5 Å². The van der Waals surface area contributed by atoms with Crippen molar-refractivity contribution in [3.63, 3.8) is 0 Å². The molecule has 0 amide bonds. The second-order valence-corrected chi connectivity index (χ2v) is 3.92. The van der Waals surface area contributed by atoms with E-state index in [0.717, 1.165) is 30.3 Å². The van der Waals surface area contributed by atoms with E-state index in [0.29, 0.717) is 6.54 Å². The number of ether oxygens (including phenoxy) is 1. The first-order valence-electron chi connectivity index (χ1n) is 5.98. The van der Waals surface area contributed by atoms with Gasteiger partial charge in [0.2, 0.25) is 5.88 Å². The molecule has 1 heterocycles.